The van der Waals surface area contributed by atoms with Crippen molar-refractivity contribution >= 4 is 16.7 Å². The van der Waals surface area contributed by atoms with Gasteiger partial charge in [-0.2, -0.15) is 0 Å². The average molecular weight is 339 g/mol. The van der Waals surface area contributed by atoms with Crippen molar-refractivity contribution in [3.8, 4) is 0 Å². The molecule has 1 fully saturated rings. The summed E-state index contributed by atoms with van der Waals surface area (Å²) >= 11 is 0. The second-order valence-electron chi connectivity index (χ2n) is 8.56. The third kappa shape index (κ3) is 3.70. The van der Waals surface area contributed by atoms with Crippen molar-refractivity contribution in [1.82, 2.24) is 4.98 Å². The second kappa shape index (κ2) is 6.78. The van der Waals surface area contributed by atoms with E-state index in [2.05, 4.69) is 25.8 Å². The summed E-state index contributed by atoms with van der Waals surface area (Å²) in [6.07, 6.45) is 4.96. The van der Waals surface area contributed by atoms with Crippen molar-refractivity contribution < 1.29 is 4.79 Å². The van der Waals surface area contributed by atoms with Crippen LogP contribution < -0.4 is 5.56 Å². The van der Waals surface area contributed by atoms with Gasteiger partial charge in [0.05, 0.1) is 0 Å². The van der Waals surface area contributed by atoms with Crippen molar-refractivity contribution in [2.75, 3.05) is 0 Å². The zero-order chi connectivity index (χ0) is 18.2. The van der Waals surface area contributed by atoms with Gasteiger partial charge in [0.1, 0.15) is 0 Å². The maximum Gasteiger partial charge on any atom is 0.251 e. The van der Waals surface area contributed by atoms with Crippen LogP contribution in [0.25, 0.3) is 10.9 Å². The first-order chi connectivity index (χ1) is 11.8. The molecular formula is C22H29NO2. The summed E-state index contributed by atoms with van der Waals surface area (Å²) in [6.45, 7) is 8.87. The van der Waals surface area contributed by atoms with Crippen LogP contribution >= 0.6 is 0 Å². The number of rotatable bonds is 3. The number of fused-ring (bicyclic) bond motifs is 1. The summed E-state index contributed by atoms with van der Waals surface area (Å²) in [7, 11) is 0. The Morgan fingerprint density at radius 1 is 1.12 bits per heavy atom. The minimum atomic E-state index is -0.0328. The van der Waals surface area contributed by atoms with Crippen molar-refractivity contribution in [2.24, 2.45) is 17.3 Å². The van der Waals surface area contributed by atoms with E-state index in [-0.39, 0.29) is 17.3 Å². The lowest BCUT2D eigenvalue weighted by Gasteiger charge is -2.36. The Kier molecular flexibility index (Phi) is 4.86. The van der Waals surface area contributed by atoms with Crippen LogP contribution in [0, 0.1) is 17.3 Å². The van der Waals surface area contributed by atoms with Crippen LogP contribution in [0.3, 0.4) is 0 Å². The van der Waals surface area contributed by atoms with Crippen LogP contribution in [0.15, 0.2) is 29.1 Å². The van der Waals surface area contributed by atoms with Crippen LogP contribution in [0.2, 0.25) is 0 Å². The summed E-state index contributed by atoms with van der Waals surface area (Å²) in [4.78, 5) is 27.8. The molecule has 134 valence electrons. The van der Waals surface area contributed by atoms with E-state index in [0.29, 0.717) is 17.8 Å². The van der Waals surface area contributed by atoms with E-state index in [1.807, 2.05) is 31.2 Å². The lowest BCUT2D eigenvalue weighted by atomic mass is 9.69. The molecule has 1 aromatic carbocycles. The van der Waals surface area contributed by atoms with Crippen LogP contribution in [-0.2, 0) is 6.42 Å². The van der Waals surface area contributed by atoms with Gasteiger partial charge in [-0.05, 0) is 73.1 Å². The highest BCUT2D eigenvalue weighted by atomic mass is 16.1. The molecule has 2 aromatic rings. The summed E-state index contributed by atoms with van der Waals surface area (Å²) in [5, 5.41) is 0.950. The van der Waals surface area contributed by atoms with Gasteiger partial charge >= 0.3 is 0 Å². The summed E-state index contributed by atoms with van der Waals surface area (Å²) in [5.74, 6) is 1.12. The number of hydrogen-bond donors (Lipinski definition) is 1. The first-order valence-electron chi connectivity index (χ1n) is 9.49. The Morgan fingerprint density at radius 2 is 1.80 bits per heavy atom. The predicted molar refractivity (Wildman–Crippen MR) is 103 cm³/mol. The number of carbonyl (C=O) groups excluding carboxylic acids is 1. The van der Waals surface area contributed by atoms with E-state index in [1.54, 1.807) is 0 Å². The number of Topliss-reactive ketones (excluding diaryl/α,β-unsaturated/α-hetero) is 1. The number of aryl methyl sites for hydroxylation is 1. The summed E-state index contributed by atoms with van der Waals surface area (Å²) < 4.78 is 0. The fourth-order valence-electron chi connectivity index (χ4n) is 4.13. The number of nitrogens with one attached hydrogen (secondary N) is 1. The Morgan fingerprint density at radius 3 is 2.40 bits per heavy atom. The van der Waals surface area contributed by atoms with Crippen molar-refractivity contribution in [2.45, 2.75) is 59.8 Å². The van der Waals surface area contributed by atoms with Gasteiger partial charge in [0, 0.05) is 22.6 Å². The lowest BCUT2D eigenvalue weighted by Crippen LogP contribution is -2.28. The van der Waals surface area contributed by atoms with Crippen LogP contribution in [0.5, 0.6) is 0 Å². The number of hydrogen-bond acceptors (Lipinski definition) is 2. The highest BCUT2D eigenvalue weighted by Crippen LogP contribution is 2.40. The molecule has 0 bridgehead atoms. The molecule has 0 unspecified atom stereocenters. The highest BCUT2D eigenvalue weighted by molar-refractivity contribution is 6.00. The Hall–Kier alpha value is -1.90. The molecular weight excluding hydrogens is 310 g/mol. The van der Waals surface area contributed by atoms with Gasteiger partial charge in [0.2, 0.25) is 0 Å². The maximum atomic E-state index is 12.9. The van der Waals surface area contributed by atoms with E-state index < -0.39 is 0 Å². The third-order valence-corrected chi connectivity index (χ3v) is 5.91. The smallest absolute Gasteiger partial charge is 0.251 e. The number of H-pyrrole nitrogens is 1. The first-order valence-corrected chi connectivity index (χ1v) is 9.49. The van der Waals surface area contributed by atoms with Gasteiger partial charge in [-0.25, -0.2) is 0 Å². The van der Waals surface area contributed by atoms with Gasteiger partial charge < -0.3 is 4.98 Å². The molecule has 0 saturated heterocycles. The number of aromatic amines is 1. The van der Waals surface area contributed by atoms with E-state index >= 15 is 0 Å². The molecule has 3 heteroatoms. The lowest BCUT2D eigenvalue weighted by molar-refractivity contribution is 0.0819. The molecule has 1 aliphatic carbocycles. The first kappa shape index (κ1) is 17.9. The maximum absolute atomic E-state index is 12.9. The third-order valence-electron chi connectivity index (χ3n) is 5.91. The molecule has 0 amide bonds. The SMILES string of the molecule is CCc1cc2cc(C(=O)C3CCC(C(C)(C)C)CC3)ccc2[nH]c1=O. The minimum absolute atomic E-state index is 0.0328. The van der Waals surface area contributed by atoms with Crippen molar-refractivity contribution in [3.63, 3.8) is 0 Å². The monoisotopic (exact) mass is 339 g/mol. The van der Waals surface area contributed by atoms with Gasteiger partial charge in [-0.15, -0.1) is 0 Å². The molecule has 0 aliphatic heterocycles. The molecule has 1 heterocycles. The van der Waals surface area contributed by atoms with E-state index in [4.69, 9.17) is 0 Å². The molecule has 0 atom stereocenters. The van der Waals surface area contributed by atoms with Crippen LogP contribution in [0.4, 0.5) is 0 Å². The summed E-state index contributed by atoms with van der Waals surface area (Å²) in [5.41, 5.74) is 2.65. The molecule has 0 radical (unpaired) electrons. The Bertz CT molecular complexity index is 833. The van der Waals surface area contributed by atoms with Crippen LogP contribution in [0.1, 0.15) is 69.3 Å². The highest BCUT2D eigenvalue weighted by Gasteiger charge is 2.32. The van der Waals surface area contributed by atoms with E-state index in [0.717, 1.165) is 47.7 Å². The predicted octanol–water partition coefficient (Wildman–Crippen LogP) is 5.13. The Balaban J connectivity index is 1.81. The average Bonchev–Trinajstić information content (AvgIpc) is 2.59. The molecule has 1 saturated carbocycles. The largest absolute Gasteiger partial charge is 0.322 e. The number of aromatic nitrogens is 1. The zero-order valence-electron chi connectivity index (χ0n) is 15.8. The Labute approximate surface area is 149 Å². The zero-order valence-corrected chi connectivity index (χ0v) is 15.8. The van der Waals surface area contributed by atoms with E-state index in [9.17, 15) is 9.59 Å². The minimum Gasteiger partial charge on any atom is -0.322 e. The molecule has 1 N–H and O–H groups in total. The molecule has 1 aliphatic rings. The molecule has 0 spiro atoms. The van der Waals surface area contributed by atoms with E-state index in [1.165, 1.54) is 0 Å². The fourth-order valence-corrected chi connectivity index (χ4v) is 4.13. The van der Waals surface area contributed by atoms with Gasteiger partial charge in [0.15, 0.2) is 5.78 Å². The standard InChI is InChI=1S/C22H29NO2/c1-5-14-12-17-13-16(8-11-19(17)23-21(14)25)20(24)15-6-9-18(10-7-15)22(2,3)4/h8,11-13,15,18H,5-7,9-10H2,1-4H3,(H,23,25). The normalized spacial score (nSPS) is 21.4. The molecule has 25 heavy (non-hydrogen) atoms. The van der Waals surface area contributed by atoms with Crippen molar-refractivity contribution in [1.29, 1.82) is 0 Å². The number of carbonyl (C=O) groups is 1. The molecule has 1 aromatic heterocycles. The number of ketones is 1. The number of pyridine rings is 1. The van der Waals surface area contributed by atoms with Gasteiger partial charge in [-0.1, -0.05) is 27.7 Å². The summed E-state index contributed by atoms with van der Waals surface area (Å²) in [6, 6.07) is 7.59. The quantitative estimate of drug-likeness (QED) is 0.789. The van der Waals surface area contributed by atoms with Gasteiger partial charge in [-0.3, -0.25) is 9.59 Å². The van der Waals surface area contributed by atoms with Crippen LogP contribution in [-0.4, -0.2) is 10.8 Å². The van der Waals surface area contributed by atoms with Gasteiger partial charge in [0.25, 0.3) is 5.56 Å². The molecule has 3 rings (SSSR count). The second-order valence-corrected chi connectivity index (χ2v) is 8.56. The van der Waals surface area contributed by atoms with Crippen molar-refractivity contribution in [3.05, 3.63) is 45.7 Å². The molecule has 3 nitrogen and oxygen atoms in total. The topological polar surface area (TPSA) is 49.9 Å². The fraction of sp³-hybridized carbons (Fsp3) is 0.545. The number of benzene rings is 1.